The Kier molecular flexibility index (Phi) is 5.04. The van der Waals surface area contributed by atoms with E-state index in [1.807, 2.05) is 19.0 Å². The van der Waals surface area contributed by atoms with E-state index in [4.69, 9.17) is 4.42 Å². The molecule has 26 heavy (non-hydrogen) atoms. The highest BCUT2D eigenvalue weighted by molar-refractivity contribution is 5.97. The van der Waals surface area contributed by atoms with Gasteiger partial charge in [0.15, 0.2) is 17.0 Å². The van der Waals surface area contributed by atoms with Crippen LogP contribution in [0.3, 0.4) is 0 Å². The van der Waals surface area contributed by atoms with Crippen molar-refractivity contribution in [3.05, 3.63) is 52.2 Å². The van der Waals surface area contributed by atoms with Crippen LogP contribution in [0.4, 0.5) is 5.69 Å². The summed E-state index contributed by atoms with van der Waals surface area (Å²) >= 11 is 0. The van der Waals surface area contributed by atoms with Crippen molar-refractivity contribution >= 4 is 22.7 Å². The van der Waals surface area contributed by atoms with Gasteiger partial charge >= 0.3 is 0 Å². The van der Waals surface area contributed by atoms with Crippen LogP contribution in [0.15, 0.2) is 40.9 Å². The summed E-state index contributed by atoms with van der Waals surface area (Å²) in [6, 6.07) is 7.65. The van der Waals surface area contributed by atoms with Crippen molar-refractivity contribution in [1.29, 1.82) is 0 Å². The van der Waals surface area contributed by atoms with Crippen molar-refractivity contribution < 1.29 is 14.1 Å². The SMILES string of the molecule is CN(C)CCCC(=O)c1cc(-c2nc3ncccc3o2)cc([N+](=O)[O-])c1. The van der Waals surface area contributed by atoms with E-state index >= 15 is 0 Å². The maximum Gasteiger partial charge on any atom is 0.270 e. The van der Waals surface area contributed by atoms with Gasteiger partial charge in [0.25, 0.3) is 5.69 Å². The Labute approximate surface area is 149 Å². The second-order valence-electron chi connectivity index (χ2n) is 6.20. The molecule has 3 aromatic rings. The number of fused-ring (bicyclic) bond motifs is 1. The van der Waals surface area contributed by atoms with E-state index < -0.39 is 4.92 Å². The minimum atomic E-state index is -0.527. The lowest BCUT2D eigenvalue weighted by molar-refractivity contribution is -0.384. The second-order valence-corrected chi connectivity index (χ2v) is 6.20. The van der Waals surface area contributed by atoms with Crippen LogP contribution in [0.2, 0.25) is 0 Å². The van der Waals surface area contributed by atoms with Gasteiger partial charge in [-0.1, -0.05) is 0 Å². The first-order chi connectivity index (χ1) is 12.4. The van der Waals surface area contributed by atoms with E-state index in [0.717, 1.165) is 6.54 Å². The number of Topliss-reactive ketones (excluding diaryl/α,β-unsaturated/α-hetero) is 1. The highest BCUT2D eigenvalue weighted by Crippen LogP contribution is 2.28. The van der Waals surface area contributed by atoms with Crippen LogP contribution in [-0.4, -0.2) is 46.2 Å². The third-order valence-corrected chi connectivity index (χ3v) is 3.87. The topological polar surface area (TPSA) is 102 Å². The molecular weight excluding hydrogens is 336 g/mol. The van der Waals surface area contributed by atoms with Crippen LogP contribution in [0.1, 0.15) is 23.2 Å². The molecule has 0 fully saturated rings. The second kappa shape index (κ2) is 7.40. The number of carbonyl (C=O) groups is 1. The average Bonchev–Trinajstić information content (AvgIpc) is 3.05. The number of rotatable bonds is 7. The summed E-state index contributed by atoms with van der Waals surface area (Å²) in [6.45, 7) is 0.768. The zero-order valence-corrected chi connectivity index (χ0v) is 14.5. The monoisotopic (exact) mass is 354 g/mol. The molecule has 0 aliphatic rings. The number of nitrogens with zero attached hydrogens (tertiary/aromatic N) is 4. The molecule has 0 atom stereocenters. The lowest BCUT2D eigenvalue weighted by Gasteiger charge is -2.08. The van der Waals surface area contributed by atoms with Crippen molar-refractivity contribution in [3.63, 3.8) is 0 Å². The maximum absolute atomic E-state index is 12.5. The zero-order chi connectivity index (χ0) is 18.7. The molecule has 0 amide bonds. The van der Waals surface area contributed by atoms with Gasteiger partial charge in [0.1, 0.15) is 0 Å². The van der Waals surface area contributed by atoms with Crippen molar-refractivity contribution in [2.45, 2.75) is 12.8 Å². The molecular formula is C18H18N4O4. The number of aromatic nitrogens is 2. The molecule has 0 unspecified atom stereocenters. The fourth-order valence-corrected chi connectivity index (χ4v) is 2.59. The molecule has 0 aliphatic heterocycles. The number of ketones is 1. The maximum atomic E-state index is 12.5. The first kappa shape index (κ1) is 17.7. The van der Waals surface area contributed by atoms with Gasteiger partial charge in [-0.05, 0) is 45.3 Å². The lowest BCUT2D eigenvalue weighted by atomic mass is 10.0. The minimum absolute atomic E-state index is 0.147. The van der Waals surface area contributed by atoms with Gasteiger partial charge in [-0.3, -0.25) is 14.9 Å². The molecule has 2 heterocycles. The number of hydrogen-bond donors (Lipinski definition) is 0. The van der Waals surface area contributed by atoms with Crippen molar-refractivity contribution in [2.75, 3.05) is 20.6 Å². The fourth-order valence-electron chi connectivity index (χ4n) is 2.59. The Balaban J connectivity index is 1.96. The van der Waals surface area contributed by atoms with Crippen LogP contribution < -0.4 is 0 Å². The van der Waals surface area contributed by atoms with Gasteiger partial charge in [-0.2, -0.15) is 4.98 Å². The normalized spacial score (nSPS) is 11.2. The average molecular weight is 354 g/mol. The van der Waals surface area contributed by atoms with E-state index in [0.29, 0.717) is 29.6 Å². The van der Waals surface area contributed by atoms with Gasteiger partial charge in [-0.15, -0.1) is 0 Å². The van der Waals surface area contributed by atoms with Crippen LogP contribution in [0.5, 0.6) is 0 Å². The molecule has 0 saturated heterocycles. The van der Waals surface area contributed by atoms with E-state index in [1.54, 1.807) is 24.4 Å². The standard InChI is InChI=1S/C18H18N4O4/c1-21(2)8-4-5-15(23)12-9-13(11-14(10-12)22(24)25)18-20-17-16(26-18)6-3-7-19-17/h3,6-7,9-11H,4-5,8H2,1-2H3. The van der Waals surface area contributed by atoms with Gasteiger partial charge in [0, 0.05) is 35.9 Å². The Morgan fingerprint density at radius 1 is 1.31 bits per heavy atom. The zero-order valence-electron chi connectivity index (χ0n) is 14.5. The summed E-state index contributed by atoms with van der Waals surface area (Å²) in [6.07, 6.45) is 2.58. The smallest absolute Gasteiger partial charge is 0.270 e. The summed E-state index contributed by atoms with van der Waals surface area (Å²) in [4.78, 5) is 33.5. The first-order valence-corrected chi connectivity index (χ1v) is 8.13. The quantitative estimate of drug-likeness (QED) is 0.364. The molecule has 1 aromatic carbocycles. The highest BCUT2D eigenvalue weighted by atomic mass is 16.6. The summed E-state index contributed by atoms with van der Waals surface area (Å²) in [5.74, 6) is 0.0516. The Bertz CT molecular complexity index is 932. The van der Waals surface area contributed by atoms with Gasteiger partial charge in [0.05, 0.1) is 4.92 Å². The number of benzene rings is 1. The summed E-state index contributed by atoms with van der Waals surface area (Å²) in [7, 11) is 3.86. The van der Waals surface area contributed by atoms with E-state index in [1.165, 1.54) is 12.1 Å². The molecule has 0 radical (unpaired) electrons. The molecule has 8 nitrogen and oxygen atoms in total. The predicted octanol–water partition coefficient (Wildman–Crippen LogP) is 3.32. The number of carbonyl (C=O) groups excluding carboxylic acids is 1. The Hall–Kier alpha value is -3.13. The predicted molar refractivity (Wildman–Crippen MR) is 96.0 cm³/mol. The van der Waals surface area contributed by atoms with Crippen LogP contribution in [0.25, 0.3) is 22.7 Å². The third-order valence-electron chi connectivity index (χ3n) is 3.87. The van der Waals surface area contributed by atoms with Gasteiger partial charge in [0.2, 0.25) is 5.89 Å². The van der Waals surface area contributed by atoms with E-state index in [-0.39, 0.29) is 22.9 Å². The van der Waals surface area contributed by atoms with Crippen LogP contribution >= 0.6 is 0 Å². The Morgan fingerprint density at radius 2 is 2.12 bits per heavy atom. The number of pyridine rings is 1. The van der Waals surface area contributed by atoms with Gasteiger partial charge < -0.3 is 9.32 Å². The number of nitro groups is 1. The lowest BCUT2D eigenvalue weighted by Crippen LogP contribution is -2.14. The number of hydrogen-bond acceptors (Lipinski definition) is 7. The molecule has 8 heteroatoms. The molecule has 0 spiro atoms. The number of non-ortho nitro benzene ring substituents is 1. The minimum Gasteiger partial charge on any atom is -0.434 e. The molecule has 134 valence electrons. The molecule has 0 bridgehead atoms. The molecule has 0 aliphatic carbocycles. The number of nitro benzene ring substituents is 1. The first-order valence-electron chi connectivity index (χ1n) is 8.13. The highest BCUT2D eigenvalue weighted by Gasteiger charge is 2.18. The van der Waals surface area contributed by atoms with Crippen LogP contribution in [0, 0.1) is 10.1 Å². The number of oxazole rings is 1. The Morgan fingerprint density at radius 3 is 2.81 bits per heavy atom. The summed E-state index contributed by atoms with van der Waals surface area (Å²) in [5.41, 5.74) is 1.38. The molecule has 0 N–H and O–H groups in total. The molecule has 2 aromatic heterocycles. The van der Waals surface area contributed by atoms with E-state index in [9.17, 15) is 14.9 Å². The van der Waals surface area contributed by atoms with Crippen molar-refractivity contribution in [2.24, 2.45) is 0 Å². The molecule has 3 rings (SSSR count). The third kappa shape index (κ3) is 3.92. The van der Waals surface area contributed by atoms with Crippen LogP contribution in [-0.2, 0) is 0 Å². The largest absolute Gasteiger partial charge is 0.434 e. The van der Waals surface area contributed by atoms with Crippen molar-refractivity contribution in [3.8, 4) is 11.5 Å². The summed E-state index contributed by atoms with van der Waals surface area (Å²) < 4.78 is 5.62. The van der Waals surface area contributed by atoms with E-state index in [2.05, 4.69) is 9.97 Å². The fraction of sp³-hybridized carbons (Fsp3) is 0.278. The summed E-state index contributed by atoms with van der Waals surface area (Å²) in [5, 5.41) is 11.3. The van der Waals surface area contributed by atoms with Crippen molar-refractivity contribution in [1.82, 2.24) is 14.9 Å². The molecule has 0 saturated carbocycles. The van der Waals surface area contributed by atoms with Gasteiger partial charge in [-0.25, -0.2) is 4.98 Å².